The number of rotatable bonds is 4. The van der Waals surface area contributed by atoms with Crippen LogP contribution in [0.2, 0.25) is 0 Å². The van der Waals surface area contributed by atoms with Gasteiger partial charge in [0.1, 0.15) is 5.75 Å². The second-order valence-corrected chi connectivity index (χ2v) is 7.73. The predicted octanol–water partition coefficient (Wildman–Crippen LogP) is 3.53. The lowest BCUT2D eigenvalue weighted by Gasteiger charge is -2.43. The van der Waals surface area contributed by atoms with Crippen LogP contribution < -0.4 is 4.74 Å². The predicted molar refractivity (Wildman–Crippen MR) is 89.5 cm³/mol. The molecule has 1 aromatic rings. The van der Waals surface area contributed by atoms with Crippen molar-refractivity contribution in [1.29, 1.82) is 0 Å². The molecule has 1 N–H and O–H groups in total. The molecule has 0 atom stereocenters. The lowest BCUT2D eigenvalue weighted by Crippen LogP contribution is -2.51. The number of amides is 1. The SMILES string of the molecule is CC1(O)CC(C(=O)N2CCC(Cc3ccccc3OC(F)(F)F)CC2)C1. The van der Waals surface area contributed by atoms with Gasteiger partial charge in [-0.2, -0.15) is 0 Å². The number of benzene rings is 1. The number of likely N-dealkylation sites (tertiary alicyclic amines) is 1. The van der Waals surface area contributed by atoms with Crippen LogP contribution in [-0.4, -0.2) is 41.0 Å². The first kappa shape index (κ1) is 19.0. The molecular weight excluding hydrogens is 347 g/mol. The monoisotopic (exact) mass is 371 g/mol. The zero-order valence-corrected chi connectivity index (χ0v) is 14.8. The molecule has 0 spiro atoms. The van der Waals surface area contributed by atoms with E-state index in [2.05, 4.69) is 4.74 Å². The Balaban J connectivity index is 1.53. The molecule has 1 saturated carbocycles. The molecule has 0 radical (unpaired) electrons. The number of alkyl halides is 3. The Morgan fingerprint density at radius 1 is 1.27 bits per heavy atom. The Morgan fingerprint density at radius 3 is 2.46 bits per heavy atom. The number of aliphatic hydroxyl groups is 1. The summed E-state index contributed by atoms with van der Waals surface area (Å²) < 4.78 is 41.7. The molecule has 2 aliphatic rings. The Kier molecular flexibility index (Phi) is 5.19. The molecule has 1 heterocycles. The van der Waals surface area contributed by atoms with E-state index in [9.17, 15) is 23.1 Å². The smallest absolute Gasteiger partial charge is 0.406 e. The van der Waals surface area contributed by atoms with Gasteiger partial charge in [0, 0.05) is 19.0 Å². The summed E-state index contributed by atoms with van der Waals surface area (Å²) in [7, 11) is 0. The molecule has 1 aliphatic heterocycles. The van der Waals surface area contributed by atoms with Gasteiger partial charge in [-0.05, 0) is 56.6 Å². The van der Waals surface area contributed by atoms with Crippen LogP contribution in [0, 0.1) is 11.8 Å². The number of ether oxygens (including phenoxy) is 1. The van der Waals surface area contributed by atoms with Crippen molar-refractivity contribution in [3.8, 4) is 5.75 Å². The number of carbonyl (C=O) groups excluding carboxylic acids is 1. The number of nitrogens with zero attached hydrogens (tertiary/aromatic N) is 1. The normalized spacial score (nSPS) is 27.1. The second kappa shape index (κ2) is 7.10. The minimum absolute atomic E-state index is 0.0933. The first-order valence-electron chi connectivity index (χ1n) is 8.98. The van der Waals surface area contributed by atoms with Crippen molar-refractivity contribution in [3.05, 3.63) is 29.8 Å². The van der Waals surface area contributed by atoms with Crippen molar-refractivity contribution < 1.29 is 27.8 Å². The number of carbonyl (C=O) groups is 1. The van der Waals surface area contributed by atoms with E-state index in [1.54, 1.807) is 19.1 Å². The third-order valence-corrected chi connectivity index (χ3v) is 5.35. The summed E-state index contributed by atoms with van der Waals surface area (Å²) in [6.07, 6.45) is -1.66. The zero-order chi connectivity index (χ0) is 18.9. The summed E-state index contributed by atoms with van der Waals surface area (Å²) in [5.41, 5.74) is -0.175. The van der Waals surface area contributed by atoms with Gasteiger partial charge in [-0.1, -0.05) is 18.2 Å². The van der Waals surface area contributed by atoms with Gasteiger partial charge in [0.15, 0.2) is 0 Å². The average Bonchev–Trinajstić information content (AvgIpc) is 2.53. The molecule has 1 amide bonds. The van der Waals surface area contributed by atoms with E-state index in [0.717, 1.165) is 12.8 Å². The lowest BCUT2D eigenvalue weighted by molar-refractivity contribution is -0.274. The molecular formula is C19H24F3NO3. The van der Waals surface area contributed by atoms with Crippen LogP contribution in [0.1, 0.15) is 38.2 Å². The minimum Gasteiger partial charge on any atom is -0.406 e. The maximum Gasteiger partial charge on any atom is 0.573 e. The van der Waals surface area contributed by atoms with Crippen molar-refractivity contribution in [1.82, 2.24) is 4.90 Å². The summed E-state index contributed by atoms with van der Waals surface area (Å²) >= 11 is 0. The topological polar surface area (TPSA) is 49.8 Å². The second-order valence-electron chi connectivity index (χ2n) is 7.73. The number of hydrogen-bond acceptors (Lipinski definition) is 3. The number of hydrogen-bond donors (Lipinski definition) is 1. The number of para-hydroxylation sites is 1. The molecule has 0 unspecified atom stereocenters. The van der Waals surface area contributed by atoms with Gasteiger partial charge in [-0.25, -0.2) is 0 Å². The first-order chi connectivity index (χ1) is 12.1. The van der Waals surface area contributed by atoms with Crippen LogP contribution in [-0.2, 0) is 11.2 Å². The summed E-state index contributed by atoms with van der Waals surface area (Å²) in [5.74, 6) is 0.0787. The van der Waals surface area contributed by atoms with E-state index in [0.29, 0.717) is 37.9 Å². The Hall–Kier alpha value is -1.76. The van der Waals surface area contributed by atoms with Crippen LogP contribution in [0.4, 0.5) is 13.2 Å². The molecule has 1 aliphatic carbocycles. The van der Waals surface area contributed by atoms with Crippen LogP contribution in [0.15, 0.2) is 24.3 Å². The quantitative estimate of drug-likeness (QED) is 0.881. The van der Waals surface area contributed by atoms with E-state index >= 15 is 0 Å². The minimum atomic E-state index is -4.70. The summed E-state index contributed by atoms with van der Waals surface area (Å²) in [6.45, 7) is 2.97. The summed E-state index contributed by atoms with van der Waals surface area (Å²) in [6, 6.07) is 6.23. The highest BCUT2D eigenvalue weighted by Gasteiger charge is 2.44. The Labute approximate surface area is 150 Å². The average molecular weight is 371 g/mol. The zero-order valence-electron chi connectivity index (χ0n) is 14.8. The molecule has 1 saturated heterocycles. The highest BCUT2D eigenvalue weighted by Crippen LogP contribution is 2.39. The fourth-order valence-corrected chi connectivity index (χ4v) is 4.00. The molecule has 4 nitrogen and oxygen atoms in total. The molecule has 0 aromatic heterocycles. The largest absolute Gasteiger partial charge is 0.573 e. The summed E-state index contributed by atoms with van der Waals surface area (Å²) in [4.78, 5) is 14.2. The maximum atomic E-state index is 12.5. The van der Waals surface area contributed by atoms with E-state index < -0.39 is 12.0 Å². The standard InChI is InChI=1S/C19H24F3NO3/c1-18(25)11-15(12-18)17(24)23-8-6-13(7-9-23)10-14-4-2-3-5-16(14)26-19(20,21)22/h2-5,13,15,25H,6-12H2,1H3. The fourth-order valence-electron chi connectivity index (χ4n) is 4.00. The molecule has 2 fully saturated rings. The van der Waals surface area contributed by atoms with Crippen LogP contribution >= 0.6 is 0 Å². The Morgan fingerprint density at radius 2 is 1.88 bits per heavy atom. The van der Waals surface area contributed by atoms with Gasteiger partial charge in [-0.15, -0.1) is 13.2 Å². The van der Waals surface area contributed by atoms with Gasteiger partial charge < -0.3 is 14.7 Å². The van der Waals surface area contributed by atoms with E-state index in [1.807, 2.05) is 4.90 Å². The van der Waals surface area contributed by atoms with Gasteiger partial charge in [0.2, 0.25) is 5.91 Å². The van der Waals surface area contributed by atoms with Crippen molar-refractivity contribution in [2.24, 2.45) is 11.8 Å². The van der Waals surface area contributed by atoms with Gasteiger partial charge in [0.25, 0.3) is 0 Å². The molecule has 3 rings (SSSR count). The van der Waals surface area contributed by atoms with Gasteiger partial charge in [0.05, 0.1) is 5.60 Å². The fraction of sp³-hybridized carbons (Fsp3) is 0.632. The molecule has 7 heteroatoms. The van der Waals surface area contributed by atoms with E-state index in [-0.39, 0.29) is 23.5 Å². The van der Waals surface area contributed by atoms with Crippen molar-refractivity contribution in [2.75, 3.05) is 13.1 Å². The van der Waals surface area contributed by atoms with Crippen LogP contribution in [0.3, 0.4) is 0 Å². The van der Waals surface area contributed by atoms with Crippen LogP contribution in [0.25, 0.3) is 0 Å². The van der Waals surface area contributed by atoms with Crippen LogP contribution in [0.5, 0.6) is 5.75 Å². The number of halogens is 3. The number of piperidine rings is 1. The van der Waals surface area contributed by atoms with E-state index in [4.69, 9.17) is 0 Å². The highest BCUT2D eigenvalue weighted by molar-refractivity contribution is 5.80. The third-order valence-electron chi connectivity index (χ3n) is 5.35. The molecule has 1 aromatic carbocycles. The molecule has 144 valence electrons. The van der Waals surface area contributed by atoms with Crippen molar-refractivity contribution in [2.45, 2.75) is 51.0 Å². The third kappa shape index (κ3) is 4.69. The first-order valence-corrected chi connectivity index (χ1v) is 8.98. The van der Waals surface area contributed by atoms with Crippen molar-refractivity contribution >= 4 is 5.91 Å². The highest BCUT2D eigenvalue weighted by atomic mass is 19.4. The van der Waals surface area contributed by atoms with Gasteiger partial charge in [-0.3, -0.25) is 4.79 Å². The lowest BCUT2D eigenvalue weighted by atomic mass is 9.71. The Bertz CT molecular complexity index is 644. The molecule has 26 heavy (non-hydrogen) atoms. The summed E-state index contributed by atoms with van der Waals surface area (Å²) in [5, 5.41) is 9.78. The molecule has 0 bridgehead atoms. The van der Waals surface area contributed by atoms with Crippen molar-refractivity contribution in [3.63, 3.8) is 0 Å². The van der Waals surface area contributed by atoms with E-state index in [1.165, 1.54) is 12.1 Å². The maximum absolute atomic E-state index is 12.5. The van der Waals surface area contributed by atoms with Gasteiger partial charge >= 0.3 is 6.36 Å².